The zero-order chi connectivity index (χ0) is 11.4. The first kappa shape index (κ1) is 12.3. The summed E-state index contributed by atoms with van der Waals surface area (Å²) in [6, 6.07) is 6.14. The molecule has 0 saturated carbocycles. The van der Waals surface area contributed by atoms with Gasteiger partial charge in [0.05, 0.1) is 13.2 Å². The number of nitrogens with one attached hydrogen (secondary N) is 1. The Morgan fingerprint density at radius 2 is 2.20 bits per heavy atom. The van der Waals surface area contributed by atoms with Gasteiger partial charge in [0.15, 0.2) is 0 Å². The van der Waals surface area contributed by atoms with Crippen molar-refractivity contribution in [2.24, 2.45) is 0 Å². The standard InChI is InChI=1S/C12H16BrNO/c1-8(2)12(14-3)10-6-5-9(13)7-11(10)15-4/h5-7,12,14H,1H2,2-4H3. The van der Waals surface area contributed by atoms with Crippen LogP contribution in [0.15, 0.2) is 34.8 Å². The van der Waals surface area contributed by atoms with Crippen LogP contribution in [0.25, 0.3) is 0 Å². The molecule has 0 aliphatic heterocycles. The maximum Gasteiger partial charge on any atom is 0.125 e. The molecule has 0 fully saturated rings. The second kappa shape index (κ2) is 5.33. The van der Waals surface area contributed by atoms with Gasteiger partial charge in [-0.2, -0.15) is 0 Å². The van der Waals surface area contributed by atoms with Crippen molar-refractivity contribution in [1.29, 1.82) is 0 Å². The van der Waals surface area contributed by atoms with Crippen LogP contribution in [-0.2, 0) is 0 Å². The quantitative estimate of drug-likeness (QED) is 0.848. The summed E-state index contributed by atoms with van der Waals surface area (Å²) in [5.74, 6) is 0.867. The van der Waals surface area contributed by atoms with Gasteiger partial charge in [0.2, 0.25) is 0 Å². The fourth-order valence-corrected chi connectivity index (χ4v) is 1.93. The average molecular weight is 270 g/mol. The molecule has 0 aliphatic carbocycles. The van der Waals surface area contributed by atoms with Crippen molar-refractivity contribution in [3.8, 4) is 5.75 Å². The predicted octanol–water partition coefficient (Wildman–Crippen LogP) is 3.29. The third-order valence-electron chi connectivity index (χ3n) is 2.29. The Hall–Kier alpha value is -0.800. The van der Waals surface area contributed by atoms with Crippen LogP contribution in [0.2, 0.25) is 0 Å². The van der Waals surface area contributed by atoms with Crippen LogP contribution in [0, 0.1) is 0 Å². The monoisotopic (exact) mass is 269 g/mol. The van der Waals surface area contributed by atoms with E-state index in [1.54, 1.807) is 7.11 Å². The maximum atomic E-state index is 5.35. The molecule has 1 aromatic carbocycles. The minimum atomic E-state index is 0.132. The van der Waals surface area contributed by atoms with Gasteiger partial charge >= 0.3 is 0 Å². The van der Waals surface area contributed by atoms with Crippen molar-refractivity contribution in [2.75, 3.05) is 14.2 Å². The Balaban J connectivity index is 3.16. The van der Waals surface area contributed by atoms with Gasteiger partial charge in [0.25, 0.3) is 0 Å². The van der Waals surface area contributed by atoms with Crippen LogP contribution in [0.5, 0.6) is 5.75 Å². The first-order chi connectivity index (χ1) is 7.10. The third-order valence-corrected chi connectivity index (χ3v) is 2.78. The Labute approximate surface area is 99.5 Å². The van der Waals surface area contributed by atoms with Gasteiger partial charge in [-0.1, -0.05) is 34.1 Å². The van der Waals surface area contributed by atoms with Crippen LogP contribution in [0.4, 0.5) is 0 Å². The molecule has 1 aromatic rings. The van der Waals surface area contributed by atoms with Crippen molar-refractivity contribution in [2.45, 2.75) is 13.0 Å². The molecule has 82 valence electrons. The number of methoxy groups -OCH3 is 1. The summed E-state index contributed by atoms with van der Waals surface area (Å²) in [4.78, 5) is 0. The molecule has 0 radical (unpaired) electrons. The van der Waals surface area contributed by atoms with Crippen molar-refractivity contribution in [3.63, 3.8) is 0 Å². The van der Waals surface area contributed by atoms with Gasteiger partial charge in [-0.05, 0) is 26.1 Å². The highest BCUT2D eigenvalue weighted by molar-refractivity contribution is 9.10. The summed E-state index contributed by atoms with van der Waals surface area (Å²) in [6.45, 7) is 5.97. The van der Waals surface area contributed by atoms with E-state index < -0.39 is 0 Å². The molecule has 3 heteroatoms. The van der Waals surface area contributed by atoms with E-state index in [2.05, 4.69) is 27.8 Å². The molecule has 2 nitrogen and oxygen atoms in total. The topological polar surface area (TPSA) is 21.3 Å². The number of hydrogen-bond donors (Lipinski definition) is 1. The molecule has 0 spiro atoms. The van der Waals surface area contributed by atoms with Crippen molar-refractivity contribution < 1.29 is 4.74 Å². The van der Waals surface area contributed by atoms with Crippen molar-refractivity contribution in [1.82, 2.24) is 5.32 Å². The lowest BCUT2D eigenvalue weighted by atomic mass is 10.0. The van der Waals surface area contributed by atoms with E-state index in [0.29, 0.717) is 0 Å². The fraction of sp³-hybridized carbons (Fsp3) is 0.333. The summed E-state index contributed by atoms with van der Waals surface area (Å²) in [6.07, 6.45) is 0. The molecule has 0 amide bonds. The van der Waals surface area contributed by atoms with E-state index in [1.165, 1.54) is 0 Å². The molecule has 0 aliphatic rings. The molecule has 0 bridgehead atoms. The molecule has 1 atom stereocenters. The number of halogens is 1. The summed E-state index contributed by atoms with van der Waals surface area (Å²) in [5.41, 5.74) is 2.17. The Morgan fingerprint density at radius 1 is 1.53 bits per heavy atom. The van der Waals surface area contributed by atoms with Crippen molar-refractivity contribution >= 4 is 15.9 Å². The van der Waals surface area contributed by atoms with Crippen LogP contribution in [-0.4, -0.2) is 14.2 Å². The van der Waals surface area contributed by atoms with Gasteiger partial charge in [-0.3, -0.25) is 0 Å². The first-order valence-electron chi connectivity index (χ1n) is 4.76. The summed E-state index contributed by atoms with van der Waals surface area (Å²) >= 11 is 3.42. The zero-order valence-corrected chi connectivity index (χ0v) is 10.9. The largest absolute Gasteiger partial charge is 0.496 e. The summed E-state index contributed by atoms with van der Waals surface area (Å²) < 4.78 is 6.36. The lowest BCUT2D eigenvalue weighted by molar-refractivity contribution is 0.405. The summed E-state index contributed by atoms with van der Waals surface area (Å²) in [5, 5.41) is 3.22. The van der Waals surface area contributed by atoms with Crippen LogP contribution in [0.1, 0.15) is 18.5 Å². The smallest absolute Gasteiger partial charge is 0.125 e. The van der Waals surface area contributed by atoms with Gasteiger partial charge in [0, 0.05) is 10.0 Å². The van der Waals surface area contributed by atoms with E-state index in [0.717, 1.165) is 21.4 Å². The predicted molar refractivity (Wildman–Crippen MR) is 67.3 cm³/mol. The van der Waals surface area contributed by atoms with Gasteiger partial charge in [-0.25, -0.2) is 0 Å². The second-order valence-electron chi connectivity index (χ2n) is 3.45. The zero-order valence-electron chi connectivity index (χ0n) is 9.30. The number of rotatable bonds is 4. The van der Waals surface area contributed by atoms with E-state index >= 15 is 0 Å². The molecule has 1 N–H and O–H groups in total. The highest BCUT2D eigenvalue weighted by Crippen LogP contribution is 2.31. The lowest BCUT2D eigenvalue weighted by Crippen LogP contribution is -2.17. The molecule has 0 heterocycles. The van der Waals surface area contributed by atoms with Gasteiger partial charge < -0.3 is 10.1 Å². The number of benzene rings is 1. The lowest BCUT2D eigenvalue weighted by Gasteiger charge is -2.19. The molecule has 1 unspecified atom stereocenters. The minimum Gasteiger partial charge on any atom is -0.496 e. The second-order valence-corrected chi connectivity index (χ2v) is 4.37. The third kappa shape index (κ3) is 2.83. The molecular weight excluding hydrogens is 254 g/mol. The van der Waals surface area contributed by atoms with Crippen LogP contribution < -0.4 is 10.1 Å². The number of ether oxygens (including phenoxy) is 1. The normalized spacial score (nSPS) is 12.3. The molecule has 1 rings (SSSR count). The minimum absolute atomic E-state index is 0.132. The van der Waals surface area contributed by atoms with Gasteiger partial charge in [-0.15, -0.1) is 0 Å². The average Bonchev–Trinajstić information content (AvgIpc) is 2.20. The Bertz CT molecular complexity index is 363. The van der Waals surface area contributed by atoms with E-state index in [4.69, 9.17) is 4.74 Å². The maximum absolute atomic E-state index is 5.35. The van der Waals surface area contributed by atoms with Crippen LogP contribution in [0.3, 0.4) is 0 Å². The molecule has 0 saturated heterocycles. The van der Waals surface area contributed by atoms with Crippen molar-refractivity contribution in [3.05, 3.63) is 40.4 Å². The first-order valence-corrected chi connectivity index (χ1v) is 5.55. The number of likely N-dealkylation sites (N-methyl/N-ethyl adjacent to an activating group) is 1. The van der Waals surface area contributed by atoms with Crippen LogP contribution >= 0.6 is 15.9 Å². The van der Waals surface area contributed by atoms with Gasteiger partial charge in [0.1, 0.15) is 5.75 Å². The Kier molecular flexibility index (Phi) is 4.36. The SMILES string of the molecule is C=C(C)C(NC)c1ccc(Br)cc1OC. The van der Waals surface area contributed by atoms with E-state index in [-0.39, 0.29) is 6.04 Å². The number of hydrogen-bond acceptors (Lipinski definition) is 2. The van der Waals surface area contributed by atoms with E-state index in [9.17, 15) is 0 Å². The summed E-state index contributed by atoms with van der Waals surface area (Å²) in [7, 11) is 3.59. The molecular formula is C12H16BrNO. The highest BCUT2D eigenvalue weighted by Gasteiger charge is 2.14. The fourth-order valence-electron chi connectivity index (χ4n) is 1.59. The molecule has 0 aromatic heterocycles. The Morgan fingerprint density at radius 3 is 2.67 bits per heavy atom. The highest BCUT2D eigenvalue weighted by atomic mass is 79.9. The molecule has 15 heavy (non-hydrogen) atoms. The van der Waals surface area contributed by atoms with E-state index in [1.807, 2.05) is 32.2 Å².